The average Bonchev–Trinajstić information content (AvgIpc) is 2.95. The van der Waals surface area contributed by atoms with Gasteiger partial charge in [-0.3, -0.25) is 0 Å². The molecule has 1 aliphatic heterocycles. The SMILES string of the molecule is Fc1ccccc1-c1noc(CCC2CCCNC2)n1. The Morgan fingerprint density at radius 2 is 2.25 bits per heavy atom. The summed E-state index contributed by atoms with van der Waals surface area (Å²) in [4.78, 5) is 4.29. The minimum absolute atomic E-state index is 0.323. The Kier molecular flexibility index (Phi) is 4.06. The van der Waals surface area contributed by atoms with Gasteiger partial charge in [0.05, 0.1) is 5.56 Å². The fourth-order valence-corrected chi connectivity index (χ4v) is 2.61. The van der Waals surface area contributed by atoms with E-state index in [4.69, 9.17) is 4.52 Å². The third-order valence-electron chi connectivity index (χ3n) is 3.75. The number of benzene rings is 1. The van der Waals surface area contributed by atoms with Crippen molar-refractivity contribution < 1.29 is 8.91 Å². The quantitative estimate of drug-likeness (QED) is 0.932. The maximum atomic E-state index is 13.6. The molecule has 106 valence electrons. The van der Waals surface area contributed by atoms with E-state index in [1.807, 2.05) is 0 Å². The summed E-state index contributed by atoms with van der Waals surface area (Å²) in [6.45, 7) is 2.18. The summed E-state index contributed by atoms with van der Waals surface area (Å²) in [5.41, 5.74) is 0.391. The zero-order chi connectivity index (χ0) is 13.8. The fourth-order valence-electron chi connectivity index (χ4n) is 2.61. The fraction of sp³-hybridized carbons (Fsp3) is 0.467. The predicted octanol–water partition coefficient (Wildman–Crippen LogP) is 2.81. The lowest BCUT2D eigenvalue weighted by Gasteiger charge is -2.21. The summed E-state index contributed by atoms with van der Waals surface area (Å²) < 4.78 is 18.8. The van der Waals surface area contributed by atoms with Gasteiger partial charge in [0.25, 0.3) is 0 Å². The molecule has 1 aromatic heterocycles. The van der Waals surface area contributed by atoms with Crippen LogP contribution in [0, 0.1) is 11.7 Å². The minimum Gasteiger partial charge on any atom is -0.339 e. The zero-order valence-corrected chi connectivity index (χ0v) is 11.3. The van der Waals surface area contributed by atoms with Gasteiger partial charge in [0, 0.05) is 6.42 Å². The summed E-state index contributed by atoms with van der Waals surface area (Å²) in [7, 11) is 0. The van der Waals surface area contributed by atoms with Crippen molar-refractivity contribution in [1.29, 1.82) is 0 Å². The van der Waals surface area contributed by atoms with Crippen LogP contribution in [0.25, 0.3) is 11.4 Å². The molecule has 1 atom stereocenters. The van der Waals surface area contributed by atoms with Crippen molar-refractivity contribution in [2.45, 2.75) is 25.7 Å². The van der Waals surface area contributed by atoms with Crippen molar-refractivity contribution in [2.75, 3.05) is 13.1 Å². The van der Waals surface area contributed by atoms with Gasteiger partial charge < -0.3 is 9.84 Å². The Labute approximate surface area is 117 Å². The highest BCUT2D eigenvalue weighted by molar-refractivity contribution is 5.54. The van der Waals surface area contributed by atoms with E-state index in [2.05, 4.69) is 15.5 Å². The molecule has 5 heteroatoms. The Hall–Kier alpha value is -1.75. The van der Waals surface area contributed by atoms with Crippen LogP contribution in [0.1, 0.15) is 25.2 Å². The minimum atomic E-state index is -0.323. The smallest absolute Gasteiger partial charge is 0.226 e. The number of piperidine rings is 1. The molecule has 1 aliphatic rings. The second kappa shape index (κ2) is 6.13. The van der Waals surface area contributed by atoms with Crippen molar-refractivity contribution in [2.24, 2.45) is 5.92 Å². The first kappa shape index (κ1) is 13.2. The van der Waals surface area contributed by atoms with E-state index in [0.717, 1.165) is 25.9 Å². The lowest BCUT2D eigenvalue weighted by Crippen LogP contribution is -2.29. The summed E-state index contributed by atoms with van der Waals surface area (Å²) >= 11 is 0. The topological polar surface area (TPSA) is 51.0 Å². The Morgan fingerprint density at radius 1 is 1.35 bits per heavy atom. The van der Waals surface area contributed by atoms with Crippen LogP contribution in [0.15, 0.2) is 28.8 Å². The van der Waals surface area contributed by atoms with Crippen LogP contribution in [0.5, 0.6) is 0 Å². The van der Waals surface area contributed by atoms with E-state index in [1.54, 1.807) is 18.2 Å². The molecule has 0 amide bonds. The molecule has 4 nitrogen and oxygen atoms in total. The highest BCUT2D eigenvalue weighted by Crippen LogP contribution is 2.21. The van der Waals surface area contributed by atoms with E-state index < -0.39 is 0 Å². The van der Waals surface area contributed by atoms with Crippen molar-refractivity contribution in [1.82, 2.24) is 15.5 Å². The number of hydrogen-bond donors (Lipinski definition) is 1. The Balaban J connectivity index is 1.63. The first-order valence-corrected chi connectivity index (χ1v) is 7.11. The molecular weight excluding hydrogens is 257 g/mol. The van der Waals surface area contributed by atoms with Crippen molar-refractivity contribution in [3.05, 3.63) is 36.0 Å². The number of nitrogens with one attached hydrogen (secondary N) is 1. The Morgan fingerprint density at radius 3 is 3.05 bits per heavy atom. The van der Waals surface area contributed by atoms with Crippen LogP contribution in [0.2, 0.25) is 0 Å². The number of halogens is 1. The molecule has 2 aromatic rings. The standard InChI is InChI=1S/C15H18FN3O/c16-13-6-2-1-5-12(13)15-18-14(20-19-15)8-7-11-4-3-9-17-10-11/h1-2,5-6,11,17H,3-4,7-10H2. The van der Waals surface area contributed by atoms with Crippen LogP contribution in [0.4, 0.5) is 4.39 Å². The van der Waals surface area contributed by atoms with Crippen molar-refractivity contribution in [3.63, 3.8) is 0 Å². The van der Waals surface area contributed by atoms with E-state index in [1.165, 1.54) is 18.9 Å². The van der Waals surface area contributed by atoms with E-state index in [-0.39, 0.29) is 5.82 Å². The van der Waals surface area contributed by atoms with Gasteiger partial charge in [0.2, 0.25) is 11.7 Å². The number of hydrogen-bond acceptors (Lipinski definition) is 4. The van der Waals surface area contributed by atoms with Crippen LogP contribution < -0.4 is 5.32 Å². The van der Waals surface area contributed by atoms with Gasteiger partial charge in [0.1, 0.15) is 5.82 Å². The molecule has 0 saturated carbocycles. The van der Waals surface area contributed by atoms with E-state index in [0.29, 0.717) is 23.2 Å². The highest BCUT2D eigenvalue weighted by atomic mass is 19.1. The third kappa shape index (κ3) is 3.04. The largest absolute Gasteiger partial charge is 0.339 e. The molecule has 0 bridgehead atoms. The van der Waals surface area contributed by atoms with Crippen LogP contribution in [-0.2, 0) is 6.42 Å². The lowest BCUT2D eigenvalue weighted by atomic mass is 9.95. The Bertz CT molecular complexity index is 564. The number of nitrogens with zero attached hydrogens (tertiary/aromatic N) is 2. The summed E-state index contributed by atoms with van der Waals surface area (Å²) in [6, 6.07) is 6.48. The summed E-state index contributed by atoms with van der Waals surface area (Å²) in [6.07, 6.45) is 4.27. The summed E-state index contributed by atoms with van der Waals surface area (Å²) in [5.74, 6) is 1.28. The molecule has 1 aromatic carbocycles. The van der Waals surface area contributed by atoms with Crippen molar-refractivity contribution >= 4 is 0 Å². The lowest BCUT2D eigenvalue weighted by molar-refractivity contribution is 0.327. The monoisotopic (exact) mass is 275 g/mol. The molecule has 1 N–H and O–H groups in total. The van der Waals surface area contributed by atoms with Crippen LogP contribution in [-0.4, -0.2) is 23.2 Å². The normalized spacial score (nSPS) is 19.1. The van der Waals surface area contributed by atoms with Gasteiger partial charge in [0.15, 0.2) is 0 Å². The van der Waals surface area contributed by atoms with E-state index >= 15 is 0 Å². The van der Waals surface area contributed by atoms with Gasteiger partial charge >= 0.3 is 0 Å². The summed E-state index contributed by atoms with van der Waals surface area (Å²) in [5, 5.41) is 7.26. The van der Waals surface area contributed by atoms with Gasteiger partial charge in [-0.2, -0.15) is 4.98 Å². The third-order valence-corrected chi connectivity index (χ3v) is 3.75. The molecule has 0 aliphatic carbocycles. The van der Waals surface area contributed by atoms with Crippen LogP contribution in [0.3, 0.4) is 0 Å². The molecule has 2 heterocycles. The number of aromatic nitrogens is 2. The molecule has 1 fully saturated rings. The molecular formula is C15H18FN3O. The first-order valence-electron chi connectivity index (χ1n) is 7.11. The molecule has 3 rings (SSSR count). The van der Waals surface area contributed by atoms with Gasteiger partial charge in [-0.25, -0.2) is 4.39 Å². The average molecular weight is 275 g/mol. The molecule has 0 spiro atoms. The van der Waals surface area contributed by atoms with Crippen LogP contribution >= 0.6 is 0 Å². The zero-order valence-electron chi connectivity index (χ0n) is 11.3. The number of rotatable bonds is 4. The predicted molar refractivity (Wildman–Crippen MR) is 73.6 cm³/mol. The second-order valence-corrected chi connectivity index (χ2v) is 5.24. The number of aryl methyl sites for hydroxylation is 1. The first-order chi connectivity index (χ1) is 9.83. The van der Waals surface area contributed by atoms with Gasteiger partial charge in [-0.15, -0.1) is 0 Å². The molecule has 1 unspecified atom stereocenters. The molecule has 0 radical (unpaired) electrons. The maximum Gasteiger partial charge on any atom is 0.226 e. The van der Waals surface area contributed by atoms with Crippen molar-refractivity contribution in [3.8, 4) is 11.4 Å². The van der Waals surface area contributed by atoms with Gasteiger partial charge in [-0.1, -0.05) is 17.3 Å². The van der Waals surface area contributed by atoms with E-state index in [9.17, 15) is 4.39 Å². The maximum absolute atomic E-state index is 13.6. The van der Waals surface area contributed by atoms with Gasteiger partial charge in [-0.05, 0) is 50.4 Å². The molecule has 1 saturated heterocycles. The molecule has 20 heavy (non-hydrogen) atoms. The highest BCUT2D eigenvalue weighted by Gasteiger charge is 2.16. The second-order valence-electron chi connectivity index (χ2n) is 5.24.